The van der Waals surface area contributed by atoms with E-state index in [1.54, 1.807) is 36.4 Å². The lowest BCUT2D eigenvalue weighted by molar-refractivity contribution is -0.144. The van der Waals surface area contributed by atoms with Gasteiger partial charge in [0.1, 0.15) is 6.04 Å². The van der Waals surface area contributed by atoms with E-state index in [0.717, 1.165) is 0 Å². The van der Waals surface area contributed by atoms with Crippen molar-refractivity contribution < 1.29 is 19.1 Å². The highest BCUT2D eigenvalue weighted by Gasteiger charge is 2.46. The van der Waals surface area contributed by atoms with Crippen LogP contribution in [0.2, 0.25) is 10.0 Å². The SMILES string of the molecule is O=C1O[C@@H](N2C(=O)CC[C@@H]2C(=O)Nc2ccc(Cl)c(Cl)c2)c2ccccc21. The molecule has 2 atom stereocenters. The van der Waals surface area contributed by atoms with Crippen molar-refractivity contribution in [3.63, 3.8) is 0 Å². The highest BCUT2D eigenvalue weighted by Crippen LogP contribution is 2.38. The Morgan fingerprint density at radius 3 is 2.67 bits per heavy atom. The first-order chi connectivity index (χ1) is 13.0. The molecule has 2 aliphatic rings. The van der Waals surface area contributed by atoms with E-state index in [1.165, 1.54) is 11.0 Å². The van der Waals surface area contributed by atoms with Crippen LogP contribution in [0.4, 0.5) is 5.69 Å². The average molecular weight is 405 g/mol. The first-order valence-corrected chi connectivity index (χ1v) is 9.08. The van der Waals surface area contributed by atoms with Crippen LogP contribution in [0.15, 0.2) is 42.5 Å². The number of cyclic esters (lactones) is 1. The highest BCUT2D eigenvalue weighted by atomic mass is 35.5. The fraction of sp³-hybridized carbons (Fsp3) is 0.211. The van der Waals surface area contributed by atoms with Crippen molar-refractivity contribution in [3.05, 3.63) is 63.6 Å². The Bertz CT molecular complexity index is 962. The molecule has 0 radical (unpaired) electrons. The number of carbonyl (C=O) groups is 3. The first-order valence-electron chi connectivity index (χ1n) is 8.32. The van der Waals surface area contributed by atoms with E-state index in [1.807, 2.05) is 0 Å². The van der Waals surface area contributed by atoms with Crippen LogP contribution < -0.4 is 5.32 Å². The lowest BCUT2D eigenvalue weighted by Gasteiger charge is -2.29. The van der Waals surface area contributed by atoms with Gasteiger partial charge >= 0.3 is 5.97 Å². The maximum absolute atomic E-state index is 12.8. The molecule has 2 aromatic rings. The van der Waals surface area contributed by atoms with Crippen LogP contribution in [-0.4, -0.2) is 28.7 Å². The zero-order valence-electron chi connectivity index (χ0n) is 13.9. The Balaban J connectivity index is 1.59. The van der Waals surface area contributed by atoms with E-state index in [-0.39, 0.29) is 18.2 Å². The summed E-state index contributed by atoms with van der Waals surface area (Å²) in [5.74, 6) is -1.11. The van der Waals surface area contributed by atoms with Crippen LogP contribution in [0.25, 0.3) is 0 Å². The Hall–Kier alpha value is -2.57. The normalized spacial score (nSPS) is 21.2. The number of hydrogen-bond acceptors (Lipinski definition) is 4. The number of ether oxygens (including phenoxy) is 1. The monoisotopic (exact) mass is 404 g/mol. The number of hydrogen-bond donors (Lipinski definition) is 1. The molecular weight excluding hydrogens is 391 g/mol. The number of nitrogens with zero attached hydrogens (tertiary/aromatic N) is 1. The third kappa shape index (κ3) is 3.15. The van der Waals surface area contributed by atoms with Gasteiger partial charge < -0.3 is 10.1 Å². The van der Waals surface area contributed by atoms with Crippen LogP contribution in [-0.2, 0) is 14.3 Å². The molecule has 0 saturated carbocycles. The minimum Gasteiger partial charge on any atom is -0.433 e. The van der Waals surface area contributed by atoms with Crippen molar-refractivity contribution >= 4 is 46.7 Å². The minimum absolute atomic E-state index is 0.204. The highest BCUT2D eigenvalue weighted by molar-refractivity contribution is 6.42. The van der Waals surface area contributed by atoms with Gasteiger partial charge in [-0.25, -0.2) is 4.79 Å². The van der Waals surface area contributed by atoms with E-state index < -0.39 is 18.2 Å². The maximum Gasteiger partial charge on any atom is 0.340 e. The number of carbonyl (C=O) groups excluding carboxylic acids is 3. The molecule has 2 aromatic carbocycles. The van der Waals surface area contributed by atoms with Crippen molar-refractivity contribution in [2.45, 2.75) is 25.1 Å². The maximum atomic E-state index is 12.8. The quantitative estimate of drug-likeness (QED) is 0.789. The molecule has 27 heavy (non-hydrogen) atoms. The molecule has 6 nitrogen and oxygen atoms in total. The van der Waals surface area contributed by atoms with Gasteiger partial charge in [-0.1, -0.05) is 41.4 Å². The smallest absolute Gasteiger partial charge is 0.340 e. The summed E-state index contributed by atoms with van der Waals surface area (Å²) in [6, 6.07) is 10.8. The number of nitrogens with one attached hydrogen (secondary N) is 1. The number of anilines is 1. The Morgan fingerprint density at radius 2 is 1.89 bits per heavy atom. The van der Waals surface area contributed by atoms with E-state index >= 15 is 0 Å². The molecule has 8 heteroatoms. The zero-order valence-corrected chi connectivity index (χ0v) is 15.5. The molecule has 0 aliphatic carbocycles. The second-order valence-electron chi connectivity index (χ2n) is 6.32. The van der Waals surface area contributed by atoms with E-state index in [0.29, 0.717) is 33.3 Å². The first kappa shape index (κ1) is 17.8. The minimum atomic E-state index is -0.895. The number of fused-ring (bicyclic) bond motifs is 1. The predicted molar refractivity (Wildman–Crippen MR) is 99.6 cm³/mol. The molecule has 0 spiro atoms. The lowest BCUT2D eigenvalue weighted by atomic mass is 10.1. The van der Waals surface area contributed by atoms with Crippen LogP contribution in [0.3, 0.4) is 0 Å². The van der Waals surface area contributed by atoms with E-state index in [9.17, 15) is 14.4 Å². The van der Waals surface area contributed by atoms with Crippen molar-refractivity contribution in [1.29, 1.82) is 0 Å². The van der Waals surface area contributed by atoms with Crippen molar-refractivity contribution in [2.75, 3.05) is 5.32 Å². The molecule has 138 valence electrons. The summed E-state index contributed by atoms with van der Waals surface area (Å²) in [5.41, 5.74) is 1.47. The zero-order chi connectivity index (χ0) is 19.1. The van der Waals surface area contributed by atoms with Gasteiger partial charge in [-0.3, -0.25) is 14.5 Å². The number of likely N-dealkylation sites (tertiary alicyclic amines) is 1. The summed E-state index contributed by atoms with van der Waals surface area (Å²) in [6.45, 7) is 0. The van der Waals surface area contributed by atoms with Crippen LogP contribution >= 0.6 is 23.2 Å². The Kier molecular flexibility index (Phi) is 4.53. The summed E-state index contributed by atoms with van der Waals surface area (Å²) >= 11 is 11.9. The molecule has 1 saturated heterocycles. The number of rotatable bonds is 3. The average Bonchev–Trinajstić information content (AvgIpc) is 3.19. The molecule has 0 unspecified atom stereocenters. The van der Waals surface area contributed by atoms with E-state index in [2.05, 4.69) is 5.32 Å². The largest absolute Gasteiger partial charge is 0.433 e. The third-order valence-corrected chi connectivity index (χ3v) is 5.40. The molecule has 0 bridgehead atoms. The Labute approximate surface area is 165 Å². The molecule has 4 rings (SSSR count). The fourth-order valence-corrected chi connectivity index (χ4v) is 3.68. The molecule has 2 amide bonds. The summed E-state index contributed by atoms with van der Waals surface area (Å²) in [6.07, 6.45) is -0.356. The van der Waals surface area contributed by atoms with Gasteiger partial charge in [-0.05, 0) is 30.7 Å². The number of halogens is 2. The topological polar surface area (TPSA) is 75.7 Å². The van der Waals surface area contributed by atoms with Gasteiger partial charge in [0, 0.05) is 17.7 Å². The predicted octanol–water partition coefficient (Wildman–Crippen LogP) is 3.79. The second-order valence-corrected chi connectivity index (χ2v) is 7.13. The molecule has 2 aliphatic heterocycles. The van der Waals surface area contributed by atoms with Crippen molar-refractivity contribution in [2.24, 2.45) is 0 Å². The van der Waals surface area contributed by atoms with Gasteiger partial charge in [0.2, 0.25) is 18.0 Å². The molecule has 1 N–H and O–H groups in total. The molecular formula is C19H14Cl2N2O4. The summed E-state index contributed by atoms with van der Waals surface area (Å²) in [5, 5.41) is 3.43. The van der Waals surface area contributed by atoms with Gasteiger partial charge in [0.05, 0.1) is 15.6 Å². The number of benzene rings is 2. The second kappa shape index (κ2) is 6.87. The van der Waals surface area contributed by atoms with Crippen molar-refractivity contribution in [3.8, 4) is 0 Å². The Morgan fingerprint density at radius 1 is 1.11 bits per heavy atom. The summed E-state index contributed by atoms with van der Waals surface area (Å²) < 4.78 is 5.40. The summed E-state index contributed by atoms with van der Waals surface area (Å²) in [7, 11) is 0. The number of esters is 1. The molecule has 1 fully saturated rings. The standard InChI is InChI=1S/C19H14Cl2N2O4/c20-13-6-5-10(9-14(13)21)22-17(25)15-7-8-16(24)23(15)18-11-3-1-2-4-12(11)19(26)27-18/h1-6,9,15,18H,7-8H2,(H,22,25)/t15-,18-/m1/s1. The van der Waals surface area contributed by atoms with Crippen LogP contribution in [0.1, 0.15) is 35.0 Å². The van der Waals surface area contributed by atoms with Gasteiger partial charge in [0.15, 0.2) is 0 Å². The van der Waals surface area contributed by atoms with Gasteiger partial charge in [-0.2, -0.15) is 0 Å². The molecule has 0 aromatic heterocycles. The fourth-order valence-electron chi connectivity index (χ4n) is 3.39. The number of amides is 2. The van der Waals surface area contributed by atoms with E-state index in [4.69, 9.17) is 27.9 Å². The molecule has 2 heterocycles. The van der Waals surface area contributed by atoms with Crippen molar-refractivity contribution in [1.82, 2.24) is 4.90 Å². The third-order valence-electron chi connectivity index (χ3n) is 4.66. The van der Waals surface area contributed by atoms with Gasteiger partial charge in [0.25, 0.3) is 0 Å². The van der Waals surface area contributed by atoms with Gasteiger partial charge in [-0.15, -0.1) is 0 Å². The lowest BCUT2D eigenvalue weighted by Crippen LogP contribution is -2.43. The van der Waals surface area contributed by atoms with Crippen LogP contribution in [0, 0.1) is 0 Å². The van der Waals surface area contributed by atoms with Crippen LogP contribution in [0.5, 0.6) is 0 Å². The summed E-state index contributed by atoms with van der Waals surface area (Å²) in [4.78, 5) is 38.7.